The maximum atomic E-state index is 13.0. The molecule has 0 spiro atoms. The normalized spacial score (nSPS) is 20.8. The minimum atomic E-state index is -1.78. The van der Waals surface area contributed by atoms with Crippen molar-refractivity contribution in [2.45, 2.75) is 6.17 Å². The molecule has 62 valence electrons. The first-order valence-corrected chi connectivity index (χ1v) is 3.42. The summed E-state index contributed by atoms with van der Waals surface area (Å²) in [6, 6.07) is 6.30. The topological polar surface area (TPSA) is 21.6 Å². The first-order valence-electron chi connectivity index (χ1n) is 3.42. The van der Waals surface area contributed by atoms with Gasteiger partial charge < -0.3 is 4.84 Å². The van der Waals surface area contributed by atoms with Gasteiger partial charge in [0.05, 0.1) is 0 Å². The molecule has 0 aliphatic carbocycles. The number of halogens is 2. The van der Waals surface area contributed by atoms with Crippen LogP contribution in [0.3, 0.4) is 0 Å². The number of rotatable bonds is 0. The molecule has 1 heterocycles. The first kappa shape index (κ1) is 7.21. The van der Waals surface area contributed by atoms with Gasteiger partial charge in [0.1, 0.15) is 0 Å². The number of hydrogen-bond donors (Lipinski definition) is 0. The van der Waals surface area contributed by atoms with Gasteiger partial charge in [0.2, 0.25) is 6.17 Å². The van der Waals surface area contributed by atoms with E-state index in [1.807, 2.05) is 0 Å². The number of benzene rings is 1. The van der Waals surface area contributed by atoms with Gasteiger partial charge in [-0.1, -0.05) is 18.2 Å². The quantitative estimate of drug-likeness (QED) is 0.584. The van der Waals surface area contributed by atoms with Gasteiger partial charge in [-0.05, 0) is 11.2 Å². The number of oxime groups is 1. The molecule has 0 N–H and O–H groups in total. The van der Waals surface area contributed by atoms with E-state index in [2.05, 4.69) is 9.99 Å². The Morgan fingerprint density at radius 1 is 1.33 bits per heavy atom. The Balaban J connectivity index is 2.49. The number of nitrogens with zero attached hydrogens (tertiary/aromatic N) is 1. The van der Waals surface area contributed by atoms with Crippen LogP contribution in [0.1, 0.15) is 11.7 Å². The number of alkyl halides is 1. The van der Waals surface area contributed by atoms with E-state index in [9.17, 15) is 8.78 Å². The summed E-state index contributed by atoms with van der Waals surface area (Å²) in [6.45, 7) is 0. The Labute approximate surface area is 67.4 Å². The lowest BCUT2D eigenvalue weighted by Crippen LogP contribution is -2.10. The van der Waals surface area contributed by atoms with Crippen LogP contribution in [0.2, 0.25) is 0 Å². The van der Waals surface area contributed by atoms with Crippen molar-refractivity contribution >= 4 is 5.97 Å². The maximum Gasteiger partial charge on any atom is 0.265 e. The van der Waals surface area contributed by atoms with E-state index in [1.54, 1.807) is 12.1 Å². The third-order valence-corrected chi connectivity index (χ3v) is 1.63. The molecule has 1 aromatic carbocycles. The van der Waals surface area contributed by atoms with Crippen LogP contribution < -0.4 is 4.84 Å². The van der Waals surface area contributed by atoms with Gasteiger partial charge in [-0.3, -0.25) is 0 Å². The van der Waals surface area contributed by atoms with Crippen molar-refractivity contribution < 1.29 is 13.6 Å². The molecule has 0 saturated heterocycles. The average molecular weight is 169 g/mol. The Morgan fingerprint density at radius 2 is 2.08 bits per heavy atom. The van der Waals surface area contributed by atoms with E-state index in [0.717, 1.165) is 0 Å². The zero-order valence-corrected chi connectivity index (χ0v) is 6.00. The fraction of sp³-hybridized carbons (Fsp3) is 0.125. The fourth-order valence-corrected chi connectivity index (χ4v) is 1.04. The van der Waals surface area contributed by atoms with E-state index >= 15 is 0 Å². The van der Waals surface area contributed by atoms with Gasteiger partial charge in [-0.2, -0.15) is 4.39 Å². The van der Waals surface area contributed by atoms with Crippen LogP contribution in [0.25, 0.3) is 0 Å². The molecule has 0 radical (unpaired) electrons. The third-order valence-electron chi connectivity index (χ3n) is 1.63. The summed E-state index contributed by atoms with van der Waals surface area (Å²) in [4.78, 5) is 4.58. The summed E-state index contributed by atoms with van der Waals surface area (Å²) >= 11 is 0. The van der Waals surface area contributed by atoms with Crippen molar-refractivity contribution in [1.29, 1.82) is 0 Å². The summed E-state index contributed by atoms with van der Waals surface area (Å²) in [7, 11) is 0. The number of fused-ring (bicyclic) bond motifs is 1. The van der Waals surface area contributed by atoms with E-state index in [4.69, 9.17) is 0 Å². The maximum absolute atomic E-state index is 13.0. The summed E-state index contributed by atoms with van der Waals surface area (Å²) in [5, 5.41) is 2.93. The molecule has 1 aliphatic rings. The highest BCUT2D eigenvalue weighted by molar-refractivity contribution is 5.82. The second kappa shape index (κ2) is 2.55. The minimum absolute atomic E-state index is 0.185. The second-order valence-electron chi connectivity index (χ2n) is 2.41. The largest absolute Gasteiger partial charge is 0.354 e. The second-order valence-corrected chi connectivity index (χ2v) is 2.41. The molecule has 0 saturated carbocycles. The van der Waals surface area contributed by atoms with Gasteiger partial charge in [0, 0.05) is 5.56 Å². The standard InChI is InChI=1S/C8H5F2NO/c9-7-5-3-1-2-4-6(5)12-11-8(7)10/h1-4,7H. The van der Waals surface area contributed by atoms with Gasteiger partial charge in [0.25, 0.3) is 5.97 Å². The lowest BCUT2D eigenvalue weighted by molar-refractivity contribution is 0.281. The molecule has 1 unspecified atom stereocenters. The predicted octanol–water partition coefficient (Wildman–Crippen LogP) is 2.37. The summed E-state index contributed by atoms with van der Waals surface area (Å²) in [5.74, 6) is -0.861. The molecule has 0 bridgehead atoms. The molecule has 4 heteroatoms. The van der Waals surface area contributed by atoms with Crippen molar-refractivity contribution in [2.75, 3.05) is 0 Å². The number of para-hydroxylation sites is 1. The Kier molecular flexibility index (Phi) is 1.53. The lowest BCUT2D eigenvalue weighted by atomic mass is 10.1. The Morgan fingerprint density at radius 3 is 2.92 bits per heavy atom. The van der Waals surface area contributed by atoms with E-state index in [-0.39, 0.29) is 11.3 Å². The monoisotopic (exact) mass is 169 g/mol. The van der Waals surface area contributed by atoms with E-state index in [0.29, 0.717) is 0 Å². The van der Waals surface area contributed by atoms with Gasteiger partial charge in [-0.25, -0.2) is 4.39 Å². The van der Waals surface area contributed by atoms with Crippen LogP contribution in [0, 0.1) is 0 Å². The van der Waals surface area contributed by atoms with Gasteiger partial charge in [0.15, 0.2) is 5.75 Å². The van der Waals surface area contributed by atoms with Gasteiger partial charge in [-0.15, -0.1) is 0 Å². The highest BCUT2D eigenvalue weighted by Gasteiger charge is 2.26. The van der Waals surface area contributed by atoms with Crippen molar-refractivity contribution in [3.63, 3.8) is 0 Å². The van der Waals surface area contributed by atoms with E-state index < -0.39 is 12.1 Å². The van der Waals surface area contributed by atoms with Crippen LogP contribution in [-0.4, -0.2) is 5.97 Å². The van der Waals surface area contributed by atoms with Crippen molar-refractivity contribution in [3.8, 4) is 5.75 Å². The SMILES string of the molecule is FC1=NOc2ccccc2C1F. The molecule has 0 fully saturated rings. The molecule has 12 heavy (non-hydrogen) atoms. The van der Waals surface area contributed by atoms with Crippen molar-refractivity contribution in [2.24, 2.45) is 5.16 Å². The molecule has 0 aromatic heterocycles. The zero-order valence-electron chi connectivity index (χ0n) is 6.00. The van der Waals surface area contributed by atoms with Crippen molar-refractivity contribution in [1.82, 2.24) is 0 Å². The lowest BCUT2D eigenvalue weighted by Gasteiger charge is -2.13. The number of hydrogen-bond acceptors (Lipinski definition) is 2. The van der Waals surface area contributed by atoms with Crippen molar-refractivity contribution in [3.05, 3.63) is 29.8 Å². The molecule has 1 aliphatic heterocycles. The van der Waals surface area contributed by atoms with Crippen LogP contribution in [-0.2, 0) is 0 Å². The predicted molar refractivity (Wildman–Crippen MR) is 39.5 cm³/mol. The smallest absolute Gasteiger partial charge is 0.265 e. The Hall–Kier alpha value is -1.45. The Bertz CT molecular complexity index is 338. The molecular formula is C8H5F2NO. The zero-order chi connectivity index (χ0) is 8.55. The van der Waals surface area contributed by atoms with Crippen LogP contribution >= 0.6 is 0 Å². The van der Waals surface area contributed by atoms with Crippen LogP contribution in [0.5, 0.6) is 5.75 Å². The fourth-order valence-electron chi connectivity index (χ4n) is 1.04. The summed E-state index contributed by atoms with van der Waals surface area (Å²) < 4.78 is 25.5. The molecule has 2 rings (SSSR count). The summed E-state index contributed by atoms with van der Waals surface area (Å²) in [6.07, 6.45) is -1.78. The molecule has 2 nitrogen and oxygen atoms in total. The molecule has 1 aromatic rings. The molecule has 0 amide bonds. The van der Waals surface area contributed by atoms with E-state index in [1.165, 1.54) is 12.1 Å². The third kappa shape index (κ3) is 0.958. The van der Waals surface area contributed by atoms with Crippen LogP contribution in [0.4, 0.5) is 8.78 Å². The highest BCUT2D eigenvalue weighted by Crippen LogP contribution is 2.32. The average Bonchev–Trinajstić information content (AvgIpc) is 2.12. The summed E-state index contributed by atoms with van der Waals surface area (Å²) in [5.41, 5.74) is 0.185. The first-order chi connectivity index (χ1) is 5.79. The molecule has 1 atom stereocenters. The van der Waals surface area contributed by atoms with Gasteiger partial charge >= 0.3 is 0 Å². The molecular weight excluding hydrogens is 164 g/mol. The minimum Gasteiger partial charge on any atom is -0.354 e. The highest BCUT2D eigenvalue weighted by atomic mass is 19.2. The van der Waals surface area contributed by atoms with Crippen LogP contribution in [0.15, 0.2) is 29.4 Å².